The fourth-order valence-electron chi connectivity index (χ4n) is 1.30. The molecule has 0 aromatic heterocycles. The first-order valence-corrected chi connectivity index (χ1v) is 5.76. The summed E-state index contributed by atoms with van der Waals surface area (Å²) in [5, 5.41) is 0.604. The van der Waals surface area contributed by atoms with Crippen molar-refractivity contribution in [1.29, 1.82) is 0 Å². The number of rotatable bonds is 5. The van der Waals surface area contributed by atoms with Crippen LogP contribution in [0, 0.1) is 5.92 Å². The Hall–Kier alpha value is -1.26. The average Bonchev–Trinajstić information content (AvgIpc) is 2.26. The fourth-order valence-corrected chi connectivity index (χ4v) is 1.48. The SMILES string of the molecule is CC(COc1ccc(Cl)cc1C(C)N)C(N)=O. The van der Waals surface area contributed by atoms with E-state index in [-0.39, 0.29) is 24.5 Å². The maximum absolute atomic E-state index is 10.9. The van der Waals surface area contributed by atoms with E-state index in [1.807, 2.05) is 6.92 Å². The summed E-state index contributed by atoms with van der Waals surface area (Å²) in [6.45, 7) is 3.79. The van der Waals surface area contributed by atoms with Gasteiger partial charge in [0.05, 0.1) is 12.5 Å². The van der Waals surface area contributed by atoms with E-state index < -0.39 is 0 Å². The van der Waals surface area contributed by atoms with Gasteiger partial charge in [-0.25, -0.2) is 0 Å². The van der Waals surface area contributed by atoms with E-state index in [9.17, 15) is 4.79 Å². The lowest BCUT2D eigenvalue weighted by molar-refractivity contribution is -0.122. The summed E-state index contributed by atoms with van der Waals surface area (Å²) in [6, 6.07) is 5.04. The minimum Gasteiger partial charge on any atom is -0.492 e. The van der Waals surface area contributed by atoms with Crippen molar-refractivity contribution in [1.82, 2.24) is 0 Å². The van der Waals surface area contributed by atoms with Gasteiger partial charge in [0.15, 0.2) is 0 Å². The summed E-state index contributed by atoms with van der Waals surface area (Å²) in [5.74, 6) is -0.0922. The molecule has 0 radical (unpaired) electrons. The molecule has 0 bridgehead atoms. The molecule has 0 aliphatic heterocycles. The van der Waals surface area contributed by atoms with Gasteiger partial charge in [0.25, 0.3) is 0 Å². The molecule has 2 atom stereocenters. The molecule has 17 heavy (non-hydrogen) atoms. The van der Waals surface area contributed by atoms with Crippen LogP contribution in [0.25, 0.3) is 0 Å². The summed E-state index contributed by atoms with van der Waals surface area (Å²) < 4.78 is 5.54. The molecule has 94 valence electrons. The molecule has 0 saturated carbocycles. The highest BCUT2D eigenvalue weighted by atomic mass is 35.5. The molecule has 1 amide bonds. The minimum atomic E-state index is -0.388. The Morgan fingerprint density at radius 3 is 2.65 bits per heavy atom. The van der Waals surface area contributed by atoms with E-state index >= 15 is 0 Å². The van der Waals surface area contributed by atoms with Crippen molar-refractivity contribution in [2.24, 2.45) is 17.4 Å². The first kappa shape index (κ1) is 13.8. The second-order valence-electron chi connectivity index (χ2n) is 4.09. The van der Waals surface area contributed by atoms with Gasteiger partial charge in [-0.1, -0.05) is 18.5 Å². The number of primary amides is 1. The number of nitrogens with two attached hydrogens (primary N) is 2. The Bertz CT molecular complexity index is 407. The van der Waals surface area contributed by atoms with Crippen molar-refractivity contribution in [2.45, 2.75) is 19.9 Å². The second kappa shape index (κ2) is 5.89. The Kier molecular flexibility index (Phi) is 4.78. The zero-order chi connectivity index (χ0) is 13.0. The van der Waals surface area contributed by atoms with Gasteiger partial charge in [-0.2, -0.15) is 0 Å². The number of benzene rings is 1. The molecule has 2 unspecified atom stereocenters. The lowest BCUT2D eigenvalue weighted by Gasteiger charge is -2.16. The van der Waals surface area contributed by atoms with Crippen molar-refractivity contribution in [3.05, 3.63) is 28.8 Å². The van der Waals surface area contributed by atoms with Gasteiger partial charge >= 0.3 is 0 Å². The van der Waals surface area contributed by atoms with E-state index in [4.69, 9.17) is 27.8 Å². The highest BCUT2D eigenvalue weighted by Gasteiger charge is 2.13. The average molecular weight is 257 g/mol. The molecule has 0 aliphatic carbocycles. The first-order chi connectivity index (χ1) is 7.91. The molecule has 1 aromatic carbocycles. The van der Waals surface area contributed by atoms with Crippen LogP contribution in [0.2, 0.25) is 5.02 Å². The summed E-state index contributed by atoms with van der Waals surface area (Å²) in [4.78, 5) is 10.9. The van der Waals surface area contributed by atoms with Crippen LogP contribution in [0.4, 0.5) is 0 Å². The van der Waals surface area contributed by atoms with Crippen molar-refractivity contribution >= 4 is 17.5 Å². The number of hydrogen-bond donors (Lipinski definition) is 2. The quantitative estimate of drug-likeness (QED) is 0.844. The van der Waals surface area contributed by atoms with Gasteiger partial charge in [-0.15, -0.1) is 0 Å². The zero-order valence-corrected chi connectivity index (χ0v) is 10.7. The van der Waals surface area contributed by atoms with Gasteiger partial charge in [-0.3, -0.25) is 4.79 Å². The predicted octanol–water partition coefficient (Wildman–Crippen LogP) is 1.86. The fraction of sp³-hybridized carbons (Fsp3) is 0.417. The first-order valence-electron chi connectivity index (χ1n) is 5.39. The third kappa shape index (κ3) is 3.91. The van der Waals surface area contributed by atoms with Crippen LogP contribution >= 0.6 is 11.6 Å². The molecular formula is C12H17ClN2O2. The van der Waals surface area contributed by atoms with Crippen molar-refractivity contribution in [2.75, 3.05) is 6.61 Å². The zero-order valence-electron chi connectivity index (χ0n) is 9.94. The lowest BCUT2D eigenvalue weighted by Crippen LogP contribution is -2.26. The molecule has 0 spiro atoms. The summed E-state index contributed by atoms with van der Waals surface area (Å²) in [5.41, 5.74) is 11.8. The van der Waals surface area contributed by atoms with Crippen molar-refractivity contribution in [3.8, 4) is 5.75 Å². The monoisotopic (exact) mass is 256 g/mol. The Balaban J connectivity index is 2.80. The van der Waals surface area contributed by atoms with Gasteiger partial charge in [0, 0.05) is 16.6 Å². The van der Waals surface area contributed by atoms with Gasteiger partial charge in [0.2, 0.25) is 5.91 Å². The standard InChI is InChI=1S/C12H17ClN2O2/c1-7(12(15)16)6-17-11-4-3-9(13)5-10(11)8(2)14/h3-5,7-8H,6,14H2,1-2H3,(H2,15,16). The smallest absolute Gasteiger partial charge is 0.223 e. The van der Waals surface area contributed by atoms with Crippen LogP contribution in [-0.4, -0.2) is 12.5 Å². The largest absolute Gasteiger partial charge is 0.492 e. The molecule has 4 N–H and O–H groups in total. The molecule has 1 aromatic rings. The van der Waals surface area contributed by atoms with Gasteiger partial charge < -0.3 is 16.2 Å². The van der Waals surface area contributed by atoms with Crippen molar-refractivity contribution in [3.63, 3.8) is 0 Å². The van der Waals surface area contributed by atoms with Crippen molar-refractivity contribution < 1.29 is 9.53 Å². The molecule has 0 saturated heterocycles. The topological polar surface area (TPSA) is 78.3 Å². The number of amides is 1. The number of hydrogen-bond acceptors (Lipinski definition) is 3. The maximum atomic E-state index is 10.9. The third-order valence-electron chi connectivity index (χ3n) is 2.44. The molecule has 0 fully saturated rings. The Labute approximate surface area is 106 Å². The number of carbonyl (C=O) groups excluding carboxylic acids is 1. The normalized spacial score (nSPS) is 14.1. The highest BCUT2D eigenvalue weighted by molar-refractivity contribution is 6.30. The molecular weight excluding hydrogens is 240 g/mol. The highest BCUT2D eigenvalue weighted by Crippen LogP contribution is 2.27. The second-order valence-corrected chi connectivity index (χ2v) is 4.52. The number of ether oxygens (including phenoxy) is 1. The molecule has 5 heteroatoms. The maximum Gasteiger partial charge on any atom is 0.223 e. The summed E-state index contributed by atoms with van der Waals surface area (Å²) in [7, 11) is 0. The van der Waals surface area contributed by atoms with Crippen LogP contribution < -0.4 is 16.2 Å². The van der Waals surface area contributed by atoms with Crippen LogP contribution in [0.3, 0.4) is 0 Å². The summed E-state index contributed by atoms with van der Waals surface area (Å²) >= 11 is 5.89. The van der Waals surface area contributed by atoms with E-state index in [1.54, 1.807) is 25.1 Å². The lowest BCUT2D eigenvalue weighted by atomic mass is 10.1. The van der Waals surface area contributed by atoms with Crippen LogP contribution in [0.5, 0.6) is 5.75 Å². The molecule has 4 nitrogen and oxygen atoms in total. The van der Waals surface area contributed by atoms with E-state index in [2.05, 4.69) is 0 Å². The van der Waals surface area contributed by atoms with Gasteiger partial charge in [-0.05, 0) is 25.1 Å². The third-order valence-corrected chi connectivity index (χ3v) is 2.67. The van der Waals surface area contributed by atoms with E-state index in [1.165, 1.54) is 0 Å². The molecule has 0 heterocycles. The Morgan fingerprint density at radius 1 is 1.47 bits per heavy atom. The van der Waals surface area contributed by atoms with Crippen LogP contribution in [0.1, 0.15) is 25.5 Å². The van der Waals surface area contributed by atoms with Gasteiger partial charge in [0.1, 0.15) is 5.75 Å². The van der Waals surface area contributed by atoms with E-state index in [0.717, 1.165) is 5.56 Å². The number of halogens is 1. The number of carbonyl (C=O) groups is 1. The Morgan fingerprint density at radius 2 is 2.12 bits per heavy atom. The minimum absolute atomic E-state index is 0.187. The van der Waals surface area contributed by atoms with Crippen LogP contribution in [-0.2, 0) is 4.79 Å². The summed E-state index contributed by atoms with van der Waals surface area (Å²) in [6.07, 6.45) is 0. The van der Waals surface area contributed by atoms with Crippen LogP contribution in [0.15, 0.2) is 18.2 Å². The van der Waals surface area contributed by atoms with E-state index in [0.29, 0.717) is 10.8 Å². The molecule has 1 rings (SSSR count). The molecule has 0 aliphatic rings. The predicted molar refractivity (Wildman–Crippen MR) is 67.9 cm³/mol.